The predicted octanol–water partition coefficient (Wildman–Crippen LogP) is 5.66. The van der Waals surface area contributed by atoms with Crippen LogP contribution in [0.25, 0.3) is 11.6 Å². The van der Waals surface area contributed by atoms with Gasteiger partial charge in [0.15, 0.2) is 0 Å². The number of rotatable bonds is 9. The van der Waals surface area contributed by atoms with Gasteiger partial charge in [0.25, 0.3) is 0 Å². The lowest BCUT2D eigenvalue weighted by Crippen LogP contribution is -2.21. The van der Waals surface area contributed by atoms with E-state index in [2.05, 4.69) is 16.8 Å². The standard InChI is InChI=1S/C30H31N3O4/c1-3-36-29(34)17-21-8-4-5-13-28(21)37-19-26-25-16-20(24-12-6-9-22(18-31)30(24)35-2)14-15-27(25)33(32-26)23-10-7-11-23/h4-6,8-9,12-13,16,23H,3,7,10-11,14-15,17,19H2,1-2H3. The van der Waals surface area contributed by atoms with Gasteiger partial charge < -0.3 is 14.2 Å². The van der Waals surface area contributed by atoms with E-state index in [-0.39, 0.29) is 12.4 Å². The van der Waals surface area contributed by atoms with E-state index in [1.54, 1.807) is 20.1 Å². The van der Waals surface area contributed by atoms with Crippen molar-refractivity contribution in [2.24, 2.45) is 0 Å². The Morgan fingerprint density at radius 2 is 2.00 bits per heavy atom. The Bertz CT molecular complexity index is 1380. The first-order valence-corrected chi connectivity index (χ1v) is 12.9. The van der Waals surface area contributed by atoms with Crippen LogP contribution in [0.5, 0.6) is 11.5 Å². The molecule has 0 atom stereocenters. The van der Waals surface area contributed by atoms with E-state index in [4.69, 9.17) is 19.3 Å². The van der Waals surface area contributed by atoms with Crippen molar-refractivity contribution in [3.05, 3.63) is 76.1 Å². The third-order valence-corrected chi connectivity index (χ3v) is 7.16. The van der Waals surface area contributed by atoms with Crippen molar-refractivity contribution < 1.29 is 19.0 Å². The lowest BCUT2D eigenvalue weighted by molar-refractivity contribution is -0.142. The smallest absolute Gasteiger partial charge is 0.310 e. The predicted molar refractivity (Wildman–Crippen MR) is 140 cm³/mol. The molecule has 0 aliphatic heterocycles. The summed E-state index contributed by atoms with van der Waals surface area (Å²) < 4.78 is 19.2. The van der Waals surface area contributed by atoms with Crippen LogP contribution < -0.4 is 9.47 Å². The Labute approximate surface area is 217 Å². The lowest BCUT2D eigenvalue weighted by atomic mass is 9.88. The second-order valence-corrected chi connectivity index (χ2v) is 9.38. The summed E-state index contributed by atoms with van der Waals surface area (Å²) in [5.74, 6) is 0.994. The van der Waals surface area contributed by atoms with Crippen LogP contribution in [0, 0.1) is 11.3 Å². The fourth-order valence-corrected chi connectivity index (χ4v) is 5.10. The molecule has 0 N–H and O–H groups in total. The van der Waals surface area contributed by atoms with E-state index in [9.17, 15) is 10.1 Å². The monoisotopic (exact) mass is 497 g/mol. The summed E-state index contributed by atoms with van der Waals surface area (Å²) in [5.41, 5.74) is 6.58. The first-order valence-electron chi connectivity index (χ1n) is 12.9. The summed E-state index contributed by atoms with van der Waals surface area (Å²) in [4.78, 5) is 12.1. The average Bonchev–Trinajstić information content (AvgIpc) is 3.23. The second-order valence-electron chi connectivity index (χ2n) is 9.38. The molecule has 0 saturated heterocycles. The van der Waals surface area contributed by atoms with Gasteiger partial charge in [0, 0.05) is 22.4 Å². The maximum atomic E-state index is 12.1. The van der Waals surface area contributed by atoms with Gasteiger partial charge >= 0.3 is 5.97 Å². The van der Waals surface area contributed by atoms with E-state index in [0.29, 0.717) is 36.3 Å². The first-order chi connectivity index (χ1) is 18.1. The van der Waals surface area contributed by atoms with E-state index < -0.39 is 0 Å². The van der Waals surface area contributed by atoms with E-state index in [0.717, 1.165) is 53.6 Å². The van der Waals surface area contributed by atoms with Gasteiger partial charge in [0.1, 0.15) is 29.9 Å². The van der Waals surface area contributed by atoms with E-state index >= 15 is 0 Å². The molecule has 190 valence electrons. The maximum Gasteiger partial charge on any atom is 0.310 e. The normalized spacial score (nSPS) is 14.7. The highest BCUT2D eigenvalue weighted by Gasteiger charge is 2.29. The number of hydrogen-bond donors (Lipinski definition) is 0. The number of fused-ring (bicyclic) bond motifs is 1. The number of methoxy groups -OCH3 is 1. The summed E-state index contributed by atoms with van der Waals surface area (Å²) in [6, 6.07) is 15.9. The van der Waals surface area contributed by atoms with Gasteiger partial charge in [-0.15, -0.1) is 0 Å². The SMILES string of the molecule is CCOC(=O)Cc1ccccc1OCc1nn(C2CCC2)c2c1C=C(c1cccc(C#N)c1OC)CC2. The molecule has 0 amide bonds. The van der Waals surface area contributed by atoms with Crippen LogP contribution in [0.15, 0.2) is 42.5 Å². The molecular weight excluding hydrogens is 466 g/mol. The fraction of sp³-hybridized carbons (Fsp3) is 0.367. The number of carbonyl (C=O) groups is 1. The van der Waals surface area contributed by atoms with Crippen LogP contribution in [-0.2, 0) is 29.0 Å². The van der Waals surface area contributed by atoms with Gasteiger partial charge in [0.2, 0.25) is 0 Å². The number of nitriles is 1. The second kappa shape index (κ2) is 10.9. The zero-order valence-electron chi connectivity index (χ0n) is 21.3. The highest BCUT2D eigenvalue weighted by atomic mass is 16.5. The molecule has 2 aliphatic rings. The largest absolute Gasteiger partial charge is 0.495 e. The van der Waals surface area contributed by atoms with Crippen molar-refractivity contribution in [2.45, 2.75) is 58.1 Å². The number of nitrogens with zero attached hydrogens (tertiary/aromatic N) is 3. The Kier molecular flexibility index (Phi) is 7.27. The average molecular weight is 498 g/mol. The minimum atomic E-state index is -0.272. The van der Waals surface area contributed by atoms with Crippen LogP contribution in [0.2, 0.25) is 0 Å². The Balaban J connectivity index is 1.48. The molecule has 0 bridgehead atoms. The van der Waals surface area contributed by atoms with Crippen LogP contribution in [0.3, 0.4) is 0 Å². The van der Waals surface area contributed by atoms with Crippen LogP contribution in [-0.4, -0.2) is 29.5 Å². The minimum absolute atomic E-state index is 0.164. The number of carbonyl (C=O) groups excluding carboxylic acids is 1. The molecule has 1 fully saturated rings. The molecule has 0 unspecified atom stereocenters. The maximum absolute atomic E-state index is 12.1. The van der Waals surface area contributed by atoms with Crippen molar-refractivity contribution in [2.75, 3.05) is 13.7 Å². The molecule has 7 heteroatoms. The number of esters is 1. The number of ether oxygens (including phenoxy) is 3. The van der Waals surface area contributed by atoms with Crippen LogP contribution >= 0.6 is 0 Å². The molecule has 2 aromatic carbocycles. The zero-order chi connectivity index (χ0) is 25.8. The number of allylic oxidation sites excluding steroid dienone is 1. The van der Waals surface area contributed by atoms with Gasteiger partial charge in [-0.05, 0) is 62.8 Å². The highest BCUT2D eigenvalue weighted by molar-refractivity contribution is 5.87. The van der Waals surface area contributed by atoms with Gasteiger partial charge in [-0.1, -0.05) is 30.3 Å². The lowest BCUT2D eigenvalue weighted by Gasteiger charge is -2.28. The molecular formula is C30H31N3O4. The van der Waals surface area contributed by atoms with Crippen molar-refractivity contribution >= 4 is 17.6 Å². The number of benzene rings is 2. The van der Waals surface area contributed by atoms with E-state index in [1.165, 1.54) is 12.1 Å². The van der Waals surface area contributed by atoms with Crippen LogP contribution in [0.1, 0.15) is 72.3 Å². The Morgan fingerprint density at radius 1 is 1.16 bits per heavy atom. The summed E-state index contributed by atoms with van der Waals surface area (Å²) in [6.07, 6.45) is 7.58. The first kappa shape index (κ1) is 24.6. The van der Waals surface area contributed by atoms with Crippen molar-refractivity contribution in [1.82, 2.24) is 9.78 Å². The molecule has 1 aromatic heterocycles. The number of hydrogen-bond acceptors (Lipinski definition) is 6. The zero-order valence-corrected chi connectivity index (χ0v) is 21.3. The molecule has 5 rings (SSSR count). The molecule has 1 heterocycles. The molecule has 0 radical (unpaired) electrons. The van der Waals surface area contributed by atoms with Gasteiger partial charge in [-0.2, -0.15) is 10.4 Å². The van der Waals surface area contributed by atoms with Gasteiger partial charge in [-0.3, -0.25) is 9.48 Å². The third-order valence-electron chi connectivity index (χ3n) is 7.16. The fourth-order valence-electron chi connectivity index (χ4n) is 5.10. The summed E-state index contributed by atoms with van der Waals surface area (Å²) >= 11 is 0. The van der Waals surface area contributed by atoms with Gasteiger partial charge in [0.05, 0.1) is 31.7 Å². The van der Waals surface area contributed by atoms with Crippen LogP contribution in [0.4, 0.5) is 0 Å². The van der Waals surface area contributed by atoms with Crippen molar-refractivity contribution in [3.8, 4) is 17.6 Å². The summed E-state index contributed by atoms with van der Waals surface area (Å²) in [6.45, 7) is 2.44. The highest BCUT2D eigenvalue weighted by Crippen LogP contribution is 2.41. The quantitative estimate of drug-likeness (QED) is 0.355. The topological polar surface area (TPSA) is 86.4 Å². The Hall–Kier alpha value is -4.05. The molecule has 0 spiro atoms. The molecule has 1 saturated carbocycles. The van der Waals surface area contributed by atoms with Crippen molar-refractivity contribution in [3.63, 3.8) is 0 Å². The third kappa shape index (κ3) is 4.97. The molecule has 37 heavy (non-hydrogen) atoms. The molecule has 3 aromatic rings. The van der Waals surface area contributed by atoms with Crippen molar-refractivity contribution in [1.29, 1.82) is 5.26 Å². The van der Waals surface area contributed by atoms with E-state index in [1.807, 2.05) is 36.4 Å². The number of aromatic nitrogens is 2. The molecule has 2 aliphatic carbocycles. The van der Waals surface area contributed by atoms with Gasteiger partial charge in [-0.25, -0.2) is 0 Å². The number of para-hydroxylation sites is 2. The summed E-state index contributed by atoms with van der Waals surface area (Å²) in [5, 5.41) is 14.6. The molecule has 7 nitrogen and oxygen atoms in total. The Morgan fingerprint density at radius 3 is 2.73 bits per heavy atom. The summed E-state index contributed by atoms with van der Waals surface area (Å²) in [7, 11) is 1.61. The minimum Gasteiger partial charge on any atom is -0.495 e.